The average Bonchev–Trinajstić information content (AvgIpc) is 2.28. The smallest absolute Gasteiger partial charge is 0.146 e. The maximum absolute atomic E-state index is 13.4. The third kappa shape index (κ3) is 2.12. The second-order valence-electron chi connectivity index (χ2n) is 3.24. The molecule has 1 aromatic heterocycles. The molecule has 0 unspecified atom stereocenters. The first-order chi connectivity index (χ1) is 7.68. The number of hydrogen-bond donors (Lipinski definition) is 1. The van der Waals surface area contributed by atoms with E-state index in [1.54, 1.807) is 25.1 Å². The van der Waals surface area contributed by atoms with Crippen molar-refractivity contribution in [3.8, 4) is 0 Å². The summed E-state index contributed by atoms with van der Waals surface area (Å²) in [6.07, 6.45) is 1.33. The molecule has 1 N–H and O–H groups in total. The van der Waals surface area contributed by atoms with E-state index in [0.29, 0.717) is 22.2 Å². The molecule has 2 aromatic rings. The van der Waals surface area contributed by atoms with E-state index in [1.165, 1.54) is 12.4 Å². The Morgan fingerprint density at radius 2 is 2.00 bits per heavy atom. The molecule has 0 aliphatic heterocycles. The third-order valence-corrected chi connectivity index (χ3v) is 2.53. The molecule has 2 rings (SSSR count). The van der Waals surface area contributed by atoms with E-state index in [-0.39, 0.29) is 5.82 Å². The van der Waals surface area contributed by atoms with Gasteiger partial charge in [-0.05, 0) is 19.1 Å². The van der Waals surface area contributed by atoms with E-state index in [1.807, 2.05) is 0 Å². The van der Waals surface area contributed by atoms with Crippen LogP contribution in [0.1, 0.15) is 5.56 Å². The minimum absolute atomic E-state index is 0.336. The molecular weight excluding hydrogens is 229 g/mol. The Hall–Kier alpha value is -1.68. The Labute approximate surface area is 97.3 Å². The summed E-state index contributed by atoms with van der Waals surface area (Å²) in [7, 11) is 0. The lowest BCUT2D eigenvalue weighted by atomic mass is 10.3. The molecule has 0 fully saturated rings. The predicted molar refractivity (Wildman–Crippen MR) is 61.5 cm³/mol. The maximum atomic E-state index is 13.4. The highest BCUT2D eigenvalue weighted by Gasteiger charge is 2.07. The fourth-order valence-electron chi connectivity index (χ4n) is 1.24. The summed E-state index contributed by atoms with van der Waals surface area (Å²) in [5.74, 6) is 0.168. The fraction of sp³-hybridized carbons (Fsp3) is 0.0909. The van der Waals surface area contributed by atoms with Crippen LogP contribution < -0.4 is 5.32 Å². The first-order valence-corrected chi connectivity index (χ1v) is 5.05. The van der Waals surface area contributed by atoms with Gasteiger partial charge in [-0.1, -0.05) is 23.7 Å². The molecule has 3 nitrogen and oxygen atoms in total. The summed E-state index contributed by atoms with van der Waals surface area (Å²) in [6, 6.07) is 6.37. The van der Waals surface area contributed by atoms with Crippen LogP contribution in [0.5, 0.6) is 0 Å². The number of hydrogen-bond acceptors (Lipinski definition) is 3. The van der Waals surface area contributed by atoms with Crippen molar-refractivity contribution >= 4 is 23.1 Å². The average molecular weight is 238 g/mol. The topological polar surface area (TPSA) is 37.8 Å². The summed E-state index contributed by atoms with van der Waals surface area (Å²) in [5.41, 5.74) is 1.05. The summed E-state index contributed by atoms with van der Waals surface area (Å²) < 4.78 is 13.4. The van der Waals surface area contributed by atoms with Gasteiger partial charge in [0, 0.05) is 5.56 Å². The third-order valence-electron chi connectivity index (χ3n) is 2.15. The zero-order chi connectivity index (χ0) is 11.5. The highest BCUT2D eigenvalue weighted by Crippen LogP contribution is 2.23. The van der Waals surface area contributed by atoms with Gasteiger partial charge in [0.25, 0.3) is 0 Å². The Morgan fingerprint density at radius 1 is 1.25 bits per heavy atom. The van der Waals surface area contributed by atoms with Gasteiger partial charge in [-0.15, -0.1) is 0 Å². The maximum Gasteiger partial charge on any atom is 0.146 e. The van der Waals surface area contributed by atoms with E-state index >= 15 is 0 Å². The molecule has 0 amide bonds. The van der Waals surface area contributed by atoms with Crippen LogP contribution in [-0.4, -0.2) is 9.97 Å². The Balaban J connectivity index is 2.35. The summed E-state index contributed by atoms with van der Waals surface area (Å²) in [6.45, 7) is 1.77. The lowest BCUT2D eigenvalue weighted by Gasteiger charge is -2.09. The highest BCUT2D eigenvalue weighted by atomic mass is 35.5. The summed E-state index contributed by atoms with van der Waals surface area (Å²) >= 11 is 5.83. The van der Waals surface area contributed by atoms with Crippen LogP contribution in [0.15, 0.2) is 30.6 Å². The van der Waals surface area contributed by atoms with Crippen molar-refractivity contribution in [2.75, 3.05) is 5.32 Å². The van der Waals surface area contributed by atoms with E-state index < -0.39 is 0 Å². The lowest BCUT2D eigenvalue weighted by Crippen LogP contribution is -1.99. The van der Waals surface area contributed by atoms with Gasteiger partial charge in [0.05, 0.1) is 5.69 Å². The number of nitrogens with one attached hydrogen (secondary N) is 1. The molecule has 16 heavy (non-hydrogen) atoms. The quantitative estimate of drug-likeness (QED) is 0.815. The number of benzene rings is 1. The number of aromatic nitrogens is 2. The molecule has 0 atom stereocenters. The monoisotopic (exact) mass is 237 g/mol. The van der Waals surface area contributed by atoms with Crippen molar-refractivity contribution in [1.82, 2.24) is 9.97 Å². The predicted octanol–water partition coefficient (Wildman–Crippen LogP) is 3.32. The molecule has 0 bridgehead atoms. The van der Waals surface area contributed by atoms with Crippen LogP contribution in [0.2, 0.25) is 5.15 Å². The minimum Gasteiger partial charge on any atom is -0.337 e. The largest absolute Gasteiger partial charge is 0.337 e. The normalized spacial score (nSPS) is 10.2. The van der Waals surface area contributed by atoms with Crippen molar-refractivity contribution < 1.29 is 4.39 Å². The minimum atomic E-state index is -0.336. The van der Waals surface area contributed by atoms with Gasteiger partial charge in [0.2, 0.25) is 0 Å². The van der Waals surface area contributed by atoms with E-state index in [0.717, 1.165) is 0 Å². The van der Waals surface area contributed by atoms with Gasteiger partial charge < -0.3 is 5.32 Å². The first kappa shape index (κ1) is 10.8. The Morgan fingerprint density at radius 3 is 2.75 bits per heavy atom. The highest BCUT2D eigenvalue weighted by molar-refractivity contribution is 6.30. The zero-order valence-electron chi connectivity index (χ0n) is 8.54. The van der Waals surface area contributed by atoms with Gasteiger partial charge in [-0.2, -0.15) is 0 Å². The van der Waals surface area contributed by atoms with Gasteiger partial charge in [0.1, 0.15) is 23.1 Å². The van der Waals surface area contributed by atoms with Crippen molar-refractivity contribution in [2.24, 2.45) is 0 Å². The van der Waals surface area contributed by atoms with Gasteiger partial charge in [0.15, 0.2) is 0 Å². The van der Waals surface area contributed by atoms with Crippen LogP contribution in [0.25, 0.3) is 0 Å². The number of para-hydroxylation sites is 1. The van der Waals surface area contributed by atoms with Crippen LogP contribution in [0.3, 0.4) is 0 Å². The number of anilines is 2. The van der Waals surface area contributed by atoms with Gasteiger partial charge in [-0.3, -0.25) is 0 Å². The first-order valence-electron chi connectivity index (χ1n) is 4.67. The van der Waals surface area contributed by atoms with Crippen LogP contribution in [-0.2, 0) is 0 Å². The van der Waals surface area contributed by atoms with E-state index in [9.17, 15) is 4.39 Å². The van der Waals surface area contributed by atoms with Crippen molar-refractivity contribution in [1.29, 1.82) is 0 Å². The van der Waals surface area contributed by atoms with Crippen LogP contribution >= 0.6 is 11.6 Å². The second-order valence-corrected chi connectivity index (χ2v) is 3.60. The SMILES string of the molecule is Cc1c(Cl)ncnc1Nc1ccccc1F. The number of rotatable bonds is 2. The number of nitrogens with zero attached hydrogens (tertiary/aromatic N) is 2. The lowest BCUT2D eigenvalue weighted by molar-refractivity contribution is 0.632. The molecule has 0 spiro atoms. The molecule has 0 aliphatic carbocycles. The number of halogens is 2. The van der Waals surface area contributed by atoms with E-state index in [4.69, 9.17) is 11.6 Å². The molecule has 1 aromatic carbocycles. The van der Waals surface area contributed by atoms with Crippen molar-refractivity contribution in [3.63, 3.8) is 0 Å². The van der Waals surface area contributed by atoms with Gasteiger partial charge in [-0.25, -0.2) is 14.4 Å². The molecule has 0 saturated heterocycles. The molecule has 0 aliphatic rings. The van der Waals surface area contributed by atoms with Crippen molar-refractivity contribution in [3.05, 3.63) is 47.1 Å². The Bertz CT molecular complexity index is 516. The molecule has 1 heterocycles. The van der Waals surface area contributed by atoms with Crippen LogP contribution in [0.4, 0.5) is 15.9 Å². The van der Waals surface area contributed by atoms with Crippen molar-refractivity contribution in [2.45, 2.75) is 6.92 Å². The second kappa shape index (κ2) is 4.45. The summed E-state index contributed by atoms with van der Waals surface area (Å²) in [5, 5.41) is 3.23. The molecule has 0 radical (unpaired) electrons. The molecule has 0 saturated carbocycles. The fourth-order valence-corrected chi connectivity index (χ4v) is 1.38. The molecule has 82 valence electrons. The Kier molecular flexibility index (Phi) is 3.01. The molecule has 5 heteroatoms. The van der Waals surface area contributed by atoms with Gasteiger partial charge >= 0.3 is 0 Å². The van der Waals surface area contributed by atoms with E-state index in [2.05, 4.69) is 15.3 Å². The standard InChI is InChI=1S/C11H9ClFN3/c1-7-10(12)14-6-15-11(7)16-9-5-3-2-4-8(9)13/h2-6H,1H3,(H,14,15,16). The summed E-state index contributed by atoms with van der Waals surface area (Å²) in [4.78, 5) is 7.83. The van der Waals surface area contributed by atoms with Crippen LogP contribution in [0, 0.1) is 12.7 Å². The zero-order valence-corrected chi connectivity index (χ0v) is 9.29. The molecular formula is C11H9ClFN3.